The minimum Gasteiger partial charge on any atom is -0.257 e. The predicted molar refractivity (Wildman–Crippen MR) is 96.6 cm³/mol. The van der Waals surface area contributed by atoms with Crippen molar-refractivity contribution in [2.75, 3.05) is 0 Å². The largest absolute Gasteiger partial charge is 0.257 e. The number of H-pyrrole nitrogens is 1. The van der Waals surface area contributed by atoms with Gasteiger partial charge < -0.3 is 0 Å². The van der Waals surface area contributed by atoms with Crippen molar-refractivity contribution in [3.63, 3.8) is 0 Å². The van der Waals surface area contributed by atoms with E-state index < -0.39 is 0 Å². The van der Waals surface area contributed by atoms with Crippen LogP contribution in [0.3, 0.4) is 0 Å². The summed E-state index contributed by atoms with van der Waals surface area (Å²) in [6, 6.07) is 18.6. The van der Waals surface area contributed by atoms with E-state index in [1.165, 1.54) is 5.56 Å². The van der Waals surface area contributed by atoms with Crippen LogP contribution in [0, 0.1) is 0 Å². The molecule has 0 unspecified atom stereocenters. The molecule has 24 heavy (non-hydrogen) atoms. The second kappa shape index (κ2) is 5.89. The first-order valence-electron chi connectivity index (χ1n) is 8.09. The molecule has 1 N–H and O–H groups in total. The number of aromatic amines is 1. The van der Waals surface area contributed by atoms with Gasteiger partial charge in [-0.25, -0.2) is 4.98 Å². The van der Waals surface area contributed by atoms with E-state index in [2.05, 4.69) is 70.4 Å². The maximum atomic E-state index is 4.65. The molecule has 0 spiro atoms. The molecule has 0 saturated carbocycles. The smallest absolute Gasteiger partial charge is 0.181 e. The van der Waals surface area contributed by atoms with E-state index in [4.69, 9.17) is 0 Å². The highest BCUT2D eigenvalue weighted by atomic mass is 15.2. The monoisotopic (exact) mass is 314 g/mol. The fourth-order valence-electron chi connectivity index (χ4n) is 2.82. The molecule has 0 amide bonds. The molecule has 4 aromatic rings. The molecule has 0 saturated heterocycles. The van der Waals surface area contributed by atoms with Crippen molar-refractivity contribution in [1.29, 1.82) is 0 Å². The number of hydrogen-bond donors (Lipinski definition) is 1. The van der Waals surface area contributed by atoms with Gasteiger partial charge in [0.15, 0.2) is 11.6 Å². The zero-order valence-corrected chi connectivity index (χ0v) is 13.7. The maximum absolute atomic E-state index is 4.65. The fourth-order valence-corrected chi connectivity index (χ4v) is 2.82. The molecule has 0 fully saturated rings. The quantitative estimate of drug-likeness (QED) is 0.590. The van der Waals surface area contributed by atoms with Gasteiger partial charge in [-0.05, 0) is 22.9 Å². The third-order valence-electron chi connectivity index (χ3n) is 4.22. The molecule has 2 aromatic heterocycles. The molecule has 4 heteroatoms. The van der Waals surface area contributed by atoms with Gasteiger partial charge in [0.1, 0.15) is 5.69 Å². The summed E-state index contributed by atoms with van der Waals surface area (Å²) in [5.41, 5.74) is 3.14. The number of fused-ring (bicyclic) bond motifs is 1. The Kier molecular flexibility index (Phi) is 3.58. The summed E-state index contributed by atoms with van der Waals surface area (Å²) in [7, 11) is 0. The number of hydrogen-bond acceptors (Lipinski definition) is 3. The van der Waals surface area contributed by atoms with E-state index in [1.54, 1.807) is 6.20 Å². The Hall–Kier alpha value is -3.01. The van der Waals surface area contributed by atoms with Gasteiger partial charge in [-0.2, -0.15) is 5.10 Å². The minimum atomic E-state index is 0.515. The molecule has 0 aliphatic rings. The summed E-state index contributed by atoms with van der Waals surface area (Å²) in [5, 5.41) is 9.60. The number of pyridine rings is 1. The van der Waals surface area contributed by atoms with Crippen LogP contribution < -0.4 is 0 Å². The Morgan fingerprint density at radius 2 is 1.71 bits per heavy atom. The van der Waals surface area contributed by atoms with E-state index in [0.717, 1.165) is 22.0 Å². The van der Waals surface area contributed by atoms with Gasteiger partial charge in [0.2, 0.25) is 0 Å². The molecule has 2 heterocycles. The lowest BCUT2D eigenvalue weighted by atomic mass is 10.0. The summed E-state index contributed by atoms with van der Waals surface area (Å²) < 4.78 is 0. The van der Waals surface area contributed by atoms with E-state index in [-0.39, 0.29) is 0 Å². The van der Waals surface area contributed by atoms with Crippen molar-refractivity contribution in [3.05, 3.63) is 66.4 Å². The summed E-state index contributed by atoms with van der Waals surface area (Å²) in [6.45, 7) is 4.37. The van der Waals surface area contributed by atoms with Crippen molar-refractivity contribution in [2.24, 2.45) is 0 Å². The fraction of sp³-hybridized carbons (Fsp3) is 0.150. The van der Waals surface area contributed by atoms with E-state index in [9.17, 15) is 0 Å². The number of nitrogens with one attached hydrogen (secondary N) is 1. The Balaban J connectivity index is 1.74. The third-order valence-corrected chi connectivity index (χ3v) is 4.22. The van der Waals surface area contributed by atoms with Crippen LogP contribution in [0.15, 0.2) is 60.8 Å². The first-order chi connectivity index (χ1) is 11.7. The lowest BCUT2D eigenvalue weighted by molar-refractivity contribution is 0.867. The number of nitrogens with zero attached hydrogens (tertiary/aromatic N) is 3. The Morgan fingerprint density at radius 1 is 0.917 bits per heavy atom. The summed E-state index contributed by atoms with van der Waals surface area (Å²) in [6.07, 6.45) is 1.80. The van der Waals surface area contributed by atoms with Crippen molar-refractivity contribution in [2.45, 2.75) is 19.8 Å². The van der Waals surface area contributed by atoms with E-state index in [1.807, 2.05) is 18.2 Å². The van der Waals surface area contributed by atoms with Crippen molar-refractivity contribution in [3.8, 4) is 22.9 Å². The van der Waals surface area contributed by atoms with Gasteiger partial charge in [0, 0.05) is 17.1 Å². The lowest BCUT2D eigenvalue weighted by Gasteiger charge is -2.04. The number of benzene rings is 2. The molecular weight excluding hydrogens is 296 g/mol. The molecule has 0 bridgehead atoms. The van der Waals surface area contributed by atoms with Crippen LogP contribution in [0.25, 0.3) is 33.7 Å². The van der Waals surface area contributed by atoms with Gasteiger partial charge in [0.25, 0.3) is 0 Å². The zero-order valence-electron chi connectivity index (χ0n) is 13.7. The average Bonchev–Trinajstić information content (AvgIpc) is 3.11. The highest BCUT2D eigenvalue weighted by Crippen LogP contribution is 2.26. The van der Waals surface area contributed by atoms with Crippen LogP contribution in [0.4, 0.5) is 0 Å². The van der Waals surface area contributed by atoms with E-state index >= 15 is 0 Å². The normalized spacial score (nSPS) is 11.3. The van der Waals surface area contributed by atoms with Crippen LogP contribution in [0.1, 0.15) is 25.3 Å². The second-order valence-corrected chi connectivity index (χ2v) is 6.17. The average molecular weight is 314 g/mol. The maximum Gasteiger partial charge on any atom is 0.181 e. The molecular formula is C20H18N4. The van der Waals surface area contributed by atoms with Gasteiger partial charge in [-0.3, -0.25) is 10.1 Å². The molecule has 0 radical (unpaired) electrons. The Morgan fingerprint density at radius 3 is 2.50 bits per heavy atom. The minimum absolute atomic E-state index is 0.515. The molecule has 0 atom stereocenters. The van der Waals surface area contributed by atoms with Gasteiger partial charge >= 0.3 is 0 Å². The second-order valence-electron chi connectivity index (χ2n) is 6.17. The Bertz CT molecular complexity index is 979. The predicted octanol–water partition coefficient (Wildman–Crippen LogP) is 4.81. The van der Waals surface area contributed by atoms with Crippen LogP contribution in [0.5, 0.6) is 0 Å². The van der Waals surface area contributed by atoms with Crippen LogP contribution in [-0.4, -0.2) is 20.2 Å². The Labute approximate surface area is 140 Å². The third kappa shape index (κ3) is 2.56. The zero-order chi connectivity index (χ0) is 16.5. The topological polar surface area (TPSA) is 54.5 Å². The molecule has 4 rings (SSSR count). The van der Waals surface area contributed by atoms with Crippen molar-refractivity contribution in [1.82, 2.24) is 20.2 Å². The van der Waals surface area contributed by atoms with Crippen molar-refractivity contribution < 1.29 is 0 Å². The number of rotatable bonds is 3. The molecule has 0 aliphatic heterocycles. The van der Waals surface area contributed by atoms with Crippen LogP contribution in [0.2, 0.25) is 0 Å². The van der Waals surface area contributed by atoms with Crippen molar-refractivity contribution >= 4 is 10.8 Å². The van der Waals surface area contributed by atoms with Gasteiger partial charge in [-0.1, -0.05) is 62.4 Å². The van der Waals surface area contributed by atoms with Gasteiger partial charge in [0.05, 0.1) is 0 Å². The molecule has 118 valence electrons. The summed E-state index contributed by atoms with van der Waals surface area (Å²) in [5.74, 6) is 1.89. The van der Waals surface area contributed by atoms with E-state index in [0.29, 0.717) is 17.6 Å². The SMILES string of the molecule is CC(C)c1ccc(-c2n[nH]c(-c3nccc4ccccc34)n2)cc1. The summed E-state index contributed by atoms with van der Waals surface area (Å²) >= 11 is 0. The lowest BCUT2D eigenvalue weighted by Crippen LogP contribution is -1.88. The first-order valence-corrected chi connectivity index (χ1v) is 8.09. The van der Waals surface area contributed by atoms with Crippen LogP contribution >= 0.6 is 0 Å². The highest BCUT2D eigenvalue weighted by molar-refractivity contribution is 5.92. The van der Waals surface area contributed by atoms with Crippen LogP contribution in [-0.2, 0) is 0 Å². The molecule has 4 nitrogen and oxygen atoms in total. The molecule has 2 aromatic carbocycles. The number of aromatic nitrogens is 4. The van der Waals surface area contributed by atoms with Gasteiger partial charge in [-0.15, -0.1) is 0 Å². The standard InChI is InChI=1S/C20H18N4/c1-13(2)14-7-9-16(10-8-14)19-22-20(24-23-19)18-17-6-4-3-5-15(17)11-12-21-18/h3-13H,1-2H3,(H,22,23,24). The molecule has 0 aliphatic carbocycles. The first kappa shape index (κ1) is 14.6. The summed E-state index contributed by atoms with van der Waals surface area (Å²) in [4.78, 5) is 9.13. The highest BCUT2D eigenvalue weighted by Gasteiger charge is 2.12.